The molecule has 74 valence electrons. The second-order valence-corrected chi connectivity index (χ2v) is 4.78. The van der Waals surface area contributed by atoms with Crippen LogP contribution in [-0.2, 0) is 0 Å². The van der Waals surface area contributed by atoms with E-state index in [1.807, 2.05) is 0 Å². The Morgan fingerprint density at radius 1 is 1.38 bits per heavy atom. The Bertz CT molecular complexity index is 195. The highest BCUT2D eigenvalue weighted by atomic mass is 15.1. The molecule has 2 nitrogen and oxygen atoms in total. The Labute approximate surface area is 81.5 Å². The summed E-state index contributed by atoms with van der Waals surface area (Å²) < 4.78 is 0. The fraction of sp³-hybridized carbons (Fsp3) is 0.909. The van der Waals surface area contributed by atoms with Gasteiger partial charge in [-0.25, -0.2) is 0 Å². The molecule has 1 saturated heterocycles. The minimum absolute atomic E-state index is 0.292. The Balaban J connectivity index is 2.43. The molecule has 1 rings (SSSR count). The van der Waals surface area contributed by atoms with Crippen molar-refractivity contribution in [2.24, 2.45) is 5.41 Å². The van der Waals surface area contributed by atoms with Gasteiger partial charge in [-0.3, -0.25) is 0 Å². The first-order chi connectivity index (χ1) is 6.07. The van der Waals surface area contributed by atoms with Gasteiger partial charge in [0, 0.05) is 12.5 Å². The van der Waals surface area contributed by atoms with E-state index in [0.29, 0.717) is 11.5 Å². The zero-order valence-electron chi connectivity index (χ0n) is 9.01. The maximum absolute atomic E-state index is 8.70. The highest BCUT2D eigenvalue weighted by Crippen LogP contribution is 2.34. The zero-order valence-corrected chi connectivity index (χ0v) is 9.01. The lowest BCUT2D eigenvalue weighted by Gasteiger charge is -2.39. The van der Waals surface area contributed by atoms with Crippen LogP contribution in [-0.4, -0.2) is 24.0 Å². The van der Waals surface area contributed by atoms with Crippen molar-refractivity contribution in [3.8, 4) is 6.07 Å². The second-order valence-electron chi connectivity index (χ2n) is 4.78. The Morgan fingerprint density at radius 2 is 1.92 bits per heavy atom. The van der Waals surface area contributed by atoms with E-state index >= 15 is 0 Å². The van der Waals surface area contributed by atoms with Gasteiger partial charge in [-0.15, -0.1) is 0 Å². The lowest BCUT2D eigenvalue weighted by Crippen LogP contribution is -2.42. The van der Waals surface area contributed by atoms with Crippen molar-refractivity contribution in [3.63, 3.8) is 0 Å². The van der Waals surface area contributed by atoms with Gasteiger partial charge < -0.3 is 4.90 Å². The lowest BCUT2D eigenvalue weighted by molar-refractivity contribution is 0.0980. The van der Waals surface area contributed by atoms with Crippen molar-refractivity contribution in [1.82, 2.24) is 4.90 Å². The Morgan fingerprint density at radius 3 is 2.31 bits per heavy atom. The molecule has 0 N–H and O–H groups in total. The summed E-state index contributed by atoms with van der Waals surface area (Å²) in [5, 5.41) is 8.70. The van der Waals surface area contributed by atoms with E-state index in [4.69, 9.17) is 5.26 Å². The van der Waals surface area contributed by atoms with Crippen molar-refractivity contribution in [2.75, 3.05) is 13.1 Å². The standard InChI is InChI=1S/C11H20N2/c1-10(2)13-8-5-11(3,4-7-12)6-9-13/h10H,4-6,8-9H2,1-3H3. The van der Waals surface area contributed by atoms with E-state index in [1.54, 1.807) is 0 Å². The third-order valence-corrected chi connectivity index (χ3v) is 3.24. The fourth-order valence-corrected chi connectivity index (χ4v) is 1.95. The van der Waals surface area contributed by atoms with Gasteiger partial charge in [0.05, 0.1) is 6.07 Å². The smallest absolute Gasteiger partial charge is 0.0627 e. The Hall–Kier alpha value is -0.550. The number of hydrogen-bond donors (Lipinski definition) is 0. The maximum Gasteiger partial charge on any atom is 0.0627 e. The van der Waals surface area contributed by atoms with Crippen molar-refractivity contribution in [2.45, 2.75) is 46.1 Å². The van der Waals surface area contributed by atoms with E-state index in [1.165, 1.54) is 12.8 Å². The summed E-state index contributed by atoms with van der Waals surface area (Å²) in [6.45, 7) is 9.06. The van der Waals surface area contributed by atoms with E-state index in [2.05, 4.69) is 31.7 Å². The largest absolute Gasteiger partial charge is 0.301 e. The lowest BCUT2D eigenvalue weighted by atomic mass is 9.78. The van der Waals surface area contributed by atoms with E-state index in [0.717, 1.165) is 19.5 Å². The van der Waals surface area contributed by atoms with E-state index in [-0.39, 0.29) is 0 Å². The number of nitriles is 1. The van der Waals surface area contributed by atoms with Crippen LogP contribution in [0.15, 0.2) is 0 Å². The predicted octanol–water partition coefficient (Wildman–Crippen LogP) is 2.41. The van der Waals surface area contributed by atoms with Crippen LogP contribution >= 0.6 is 0 Å². The van der Waals surface area contributed by atoms with Crippen molar-refractivity contribution < 1.29 is 0 Å². The van der Waals surface area contributed by atoms with Crippen LogP contribution in [0.25, 0.3) is 0 Å². The van der Waals surface area contributed by atoms with Gasteiger partial charge >= 0.3 is 0 Å². The van der Waals surface area contributed by atoms with Crippen molar-refractivity contribution in [1.29, 1.82) is 5.26 Å². The maximum atomic E-state index is 8.70. The summed E-state index contributed by atoms with van der Waals surface area (Å²) in [6, 6.07) is 2.96. The van der Waals surface area contributed by atoms with Gasteiger partial charge in [0.1, 0.15) is 0 Å². The minimum Gasteiger partial charge on any atom is -0.301 e. The fourth-order valence-electron chi connectivity index (χ4n) is 1.95. The quantitative estimate of drug-likeness (QED) is 0.652. The summed E-state index contributed by atoms with van der Waals surface area (Å²) in [4.78, 5) is 2.50. The molecule has 0 bridgehead atoms. The highest BCUT2D eigenvalue weighted by Gasteiger charge is 2.30. The first kappa shape index (κ1) is 10.5. The average molecular weight is 180 g/mol. The SMILES string of the molecule is CC(C)N1CCC(C)(CC#N)CC1. The van der Waals surface area contributed by atoms with Gasteiger partial charge in [-0.1, -0.05) is 6.92 Å². The molecule has 0 aromatic rings. The summed E-state index contributed by atoms with van der Waals surface area (Å²) in [5.74, 6) is 0. The van der Waals surface area contributed by atoms with Crippen LogP contribution in [0.2, 0.25) is 0 Å². The summed E-state index contributed by atoms with van der Waals surface area (Å²) in [7, 11) is 0. The molecule has 0 unspecified atom stereocenters. The molecule has 1 fully saturated rings. The number of likely N-dealkylation sites (tertiary alicyclic amines) is 1. The van der Waals surface area contributed by atoms with Crippen LogP contribution < -0.4 is 0 Å². The molecule has 2 heteroatoms. The summed E-state index contributed by atoms with van der Waals surface area (Å²) >= 11 is 0. The molecule has 0 aromatic heterocycles. The number of rotatable bonds is 2. The average Bonchev–Trinajstić information content (AvgIpc) is 2.05. The van der Waals surface area contributed by atoms with Crippen LogP contribution in [0, 0.1) is 16.7 Å². The van der Waals surface area contributed by atoms with Crippen molar-refractivity contribution in [3.05, 3.63) is 0 Å². The molecular weight excluding hydrogens is 160 g/mol. The highest BCUT2D eigenvalue weighted by molar-refractivity contribution is 4.90. The summed E-state index contributed by atoms with van der Waals surface area (Å²) in [5.41, 5.74) is 0.292. The van der Waals surface area contributed by atoms with Crippen LogP contribution in [0.3, 0.4) is 0 Å². The predicted molar refractivity (Wildman–Crippen MR) is 54.3 cm³/mol. The third kappa shape index (κ3) is 2.70. The molecule has 0 radical (unpaired) electrons. The van der Waals surface area contributed by atoms with Gasteiger partial charge in [-0.2, -0.15) is 5.26 Å². The van der Waals surface area contributed by atoms with Crippen LogP contribution in [0.1, 0.15) is 40.0 Å². The number of hydrogen-bond acceptors (Lipinski definition) is 2. The summed E-state index contributed by atoms with van der Waals surface area (Å²) in [6.07, 6.45) is 3.08. The normalized spacial score (nSPS) is 23.0. The molecule has 0 amide bonds. The molecule has 1 aliphatic heterocycles. The van der Waals surface area contributed by atoms with Gasteiger partial charge in [-0.05, 0) is 45.2 Å². The molecule has 13 heavy (non-hydrogen) atoms. The Kier molecular flexibility index (Phi) is 3.33. The van der Waals surface area contributed by atoms with Gasteiger partial charge in [0.2, 0.25) is 0 Å². The first-order valence-electron chi connectivity index (χ1n) is 5.18. The second kappa shape index (κ2) is 4.11. The molecule has 0 saturated carbocycles. The van der Waals surface area contributed by atoms with E-state index in [9.17, 15) is 0 Å². The molecule has 0 aromatic carbocycles. The van der Waals surface area contributed by atoms with E-state index < -0.39 is 0 Å². The molecule has 1 heterocycles. The first-order valence-corrected chi connectivity index (χ1v) is 5.18. The molecule has 0 atom stereocenters. The number of piperidine rings is 1. The van der Waals surface area contributed by atoms with Gasteiger partial charge in [0.25, 0.3) is 0 Å². The molecule has 1 aliphatic rings. The third-order valence-electron chi connectivity index (χ3n) is 3.24. The molecule has 0 spiro atoms. The number of nitrogens with zero attached hydrogens (tertiary/aromatic N) is 2. The monoisotopic (exact) mass is 180 g/mol. The van der Waals surface area contributed by atoms with Crippen LogP contribution in [0.4, 0.5) is 0 Å². The molecular formula is C11H20N2. The minimum atomic E-state index is 0.292. The zero-order chi connectivity index (χ0) is 9.90. The molecule has 0 aliphatic carbocycles. The van der Waals surface area contributed by atoms with Crippen LogP contribution in [0.5, 0.6) is 0 Å². The van der Waals surface area contributed by atoms with Gasteiger partial charge in [0.15, 0.2) is 0 Å². The van der Waals surface area contributed by atoms with Crippen molar-refractivity contribution >= 4 is 0 Å². The topological polar surface area (TPSA) is 27.0 Å².